The molecule has 2 bridgehead atoms. The Bertz CT molecular complexity index is 733. The van der Waals surface area contributed by atoms with Crippen molar-refractivity contribution in [2.75, 3.05) is 0 Å². The molecule has 1 saturated heterocycles. The van der Waals surface area contributed by atoms with E-state index >= 15 is 0 Å². The van der Waals surface area contributed by atoms with E-state index in [-0.39, 0.29) is 34.5 Å². The molecule has 0 unspecified atom stereocenters. The predicted molar refractivity (Wildman–Crippen MR) is 96.7 cm³/mol. The first-order valence-corrected chi connectivity index (χ1v) is 10.1. The van der Waals surface area contributed by atoms with Crippen LogP contribution in [0.1, 0.15) is 36.5 Å². The van der Waals surface area contributed by atoms with Crippen molar-refractivity contribution in [3.8, 4) is 0 Å². The number of halogens is 1. The third-order valence-corrected chi connectivity index (χ3v) is 7.16. The van der Waals surface area contributed by atoms with Crippen LogP contribution in [0.3, 0.4) is 0 Å². The molecule has 1 heterocycles. The van der Waals surface area contributed by atoms with Crippen LogP contribution in [-0.4, -0.2) is 34.8 Å². The Balaban J connectivity index is 1.52. The Morgan fingerprint density at radius 2 is 2.00 bits per heavy atom. The molecule has 138 valence electrons. The first kappa shape index (κ1) is 17.7. The lowest BCUT2D eigenvalue weighted by Crippen LogP contribution is -2.41. The highest BCUT2D eigenvalue weighted by atomic mass is 79.9. The highest BCUT2D eigenvalue weighted by Gasteiger charge is 2.68. The van der Waals surface area contributed by atoms with Gasteiger partial charge >= 0.3 is 11.9 Å². The summed E-state index contributed by atoms with van der Waals surface area (Å²) in [5, 5.41) is 0. The van der Waals surface area contributed by atoms with Crippen LogP contribution in [-0.2, 0) is 19.1 Å². The highest BCUT2D eigenvalue weighted by molar-refractivity contribution is 9.09. The van der Waals surface area contributed by atoms with E-state index in [1.807, 2.05) is 13.0 Å². The third-order valence-electron chi connectivity index (χ3n) is 5.96. The summed E-state index contributed by atoms with van der Waals surface area (Å²) in [5.74, 6) is -1.74. The average Bonchev–Trinajstić information content (AvgIpc) is 3.25. The van der Waals surface area contributed by atoms with E-state index in [0.29, 0.717) is 12.0 Å². The molecule has 2 aliphatic carbocycles. The van der Waals surface area contributed by atoms with Gasteiger partial charge in [0.2, 0.25) is 5.78 Å². The molecule has 5 nitrogen and oxygen atoms in total. The van der Waals surface area contributed by atoms with Crippen molar-refractivity contribution in [3.05, 3.63) is 35.9 Å². The topological polar surface area (TPSA) is 69.7 Å². The molecular weight excluding hydrogens is 400 g/mol. The Kier molecular flexibility index (Phi) is 4.63. The van der Waals surface area contributed by atoms with Crippen LogP contribution in [0, 0.1) is 23.7 Å². The molecule has 0 radical (unpaired) electrons. The van der Waals surface area contributed by atoms with Crippen LogP contribution in [0.15, 0.2) is 30.3 Å². The molecule has 0 spiro atoms. The van der Waals surface area contributed by atoms with Gasteiger partial charge in [-0.05, 0) is 18.8 Å². The smallest absolute Gasteiger partial charge is 0.310 e. The van der Waals surface area contributed by atoms with E-state index < -0.39 is 23.9 Å². The lowest BCUT2D eigenvalue weighted by Gasteiger charge is -2.28. The molecule has 4 rings (SSSR count). The lowest BCUT2D eigenvalue weighted by atomic mass is 9.80. The number of benzene rings is 1. The van der Waals surface area contributed by atoms with Crippen LogP contribution >= 0.6 is 15.9 Å². The fourth-order valence-electron chi connectivity index (χ4n) is 4.81. The molecule has 0 amide bonds. The van der Waals surface area contributed by atoms with E-state index in [2.05, 4.69) is 15.9 Å². The van der Waals surface area contributed by atoms with Crippen molar-refractivity contribution in [3.63, 3.8) is 0 Å². The minimum Gasteiger partial charge on any atom is -0.461 e. The second-order valence-electron chi connectivity index (χ2n) is 7.41. The molecule has 0 aromatic heterocycles. The highest BCUT2D eigenvalue weighted by Crippen LogP contribution is 2.60. The van der Waals surface area contributed by atoms with Gasteiger partial charge in [-0.1, -0.05) is 59.6 Å². The van der Waals surface area contributed by atoms with E-state index in [0.717, 1.165) is 12.8 Å². The summed E-state index contributed by atoms with van der Waals surface area (Å²) in [5.41, 5.74) is 0.533. The molecule has 2 saturated carbocycles. The summed E-state index contributed by atoms with van der Waals surface area (Å²) in [7, 11) is 0. The van der Waals surface area contributed by atoms with Crippen LogP contribution in [0.4, 0.5) is 0 Å². The van der Waals surface area contributed by atoms with Crippen molar-refractivity contribution >= 4 is 33.7 Å². The van der Waals surface area contributed by atoms with Gasteiger partial charge in [0, 0.05) is 11.5 Å². The summed E-state index contributed by atoms with van der Waals surface area (Å²) in [4.78, 5) is 37.9. The largest absolute Gasteiger partial charge is 0.461 e. The summed E-state index contributed by atoms with van der Waals surface area (Å²) >= 11 is 3.60. The quantitative estimate of drug-likeness (QED) is 0.401. The normalized spacial score (nSPS) is 35.2. The Hall–Kier alpha value is -1.69. The van der Waals surface area contributed by atoms with Gasteiger partial charge < -0.3 is 9.47 Å². The summed E-state index contributed by atoms with van der Waals surface area (Å²) < 4.78 is 11.1. The van der Waals surface area contributed by atoms with Crippen molar-refractivity contribution in [1.82, 2.24) is 0 Å². The number of carbonyl (C=O) groups is 3. The Morgan fingerprint density at radius 1 is 1.27 bits per heavy atom. The molecular formula is C20H21BrO5. The molecule has 3 aliphatic rings. The maximum absolute atomic E-state index is 12.9. The van der Waals surface area contributed by atoms with Gasteiger partial charge in [0.25, 0.3) is 0 Å². The molecule has 26 heavy (non-hydrogen) atoms. The number of ether oxygens (including phenoxy) is 2. The SMILES string of the molecule is CCC[C@H](OC(=O)[C@@H]1[C@H]2C[C@H]3[C@H](OC(=O)[C@H]31)[C@H]2Br)C(=O)c1ccccc1. The first-order valence-electron chi connectivity index (χ1n) is 9.17. The number of carbonyl (C=O) groups excluding carboxylic acids is 3. The Morgan fingerprint density at radius 3 is 2.69 bits per heavy atom. The lowest BCUT2D eigenvalue weighted by molar-refractivity contribution is -0.158. The average molecular weight is 421 g/mol. The van der Waals surface area contributed by atoms with Gasteiger partial charge in [-0.3, -0.25) is 14.4 Å². The maximum Gasteiger partial charge on any atom is 0.310 e. The second-order valence-corrected chi connectivity index (χ2v) is 8.46. The zero-order valence-corrected chi connectivity index (χ0v) is 16.1. The molecule has 7 atom stereocenters. The first-order chi connectivity index (χ1) is 12.5. The van der Waals surface area contributed by atoms with Crippen molar-refractivity contribution < 1.29 is 23.9 Å². The van der Waals surface area contributed by atoms with Gasteiger partial charge in [0.15, 0.2) is 6.10 Å². The summed E-state index contributed by atoms with van der Waals surface area (Å²) in [6.07, 6.45) is 1.05. The monoisotopic (exact) mass is 420 g/mol. The number of fused-ring (bicyclic) bond motifs is 1. The standard InChI is InChI=1S/C20H21BrO5/c1-2-6-13(17(22)10-7-4-3-5-8-10)25-19(23)14-11-9-12-15(14)20(24)26-18(12)16(11)21/h3-5,7-8,11-16,18H,2,6,9H2,1H3/t11-,12-,13+,14-,15-,16+,18+/m1/s1. The van der Waals surface area contributed by atoms with Gasteiger partial charge in [0.05, 0.1) is 16.7 Å². The molecule has 1 aromatic carbocycles. The van der Waals surface area contributed by atoms with E-state index in [4.69, 9.17) is 9.47 Å². The second kappa shape index (κ2) is 6.80. The van der Waals surface area contributed by atoms with Crippen LogP contribution in [0.5, 0.6) is 0 Å². The van der Waals surface area contributed by atoms with Crippen molar-refractivity contribution in [2.24, 2.45) is 23.7 Å². The number of esters is 2. The summed E-state index contributed by atoms with van der Waals surface area (Å²) in [6.45, 7) is 1.95. The van der Waals surface area contributed by atoms with Crippen molar-refractivity contribution in [2.45, 2.75) is 43.2 Å². The van der Waals surface area contributed by atoms with Gasteiger partial charge in [-0.2, -0.15) is 0 Å². The zero-order valence-electron chi connectivity index (χ0n) is 14.5. The fourth-order valence-corrected chi connectivity index (χ4v) is 5.85. The molecule has 1 aliphatic heterocycles. The van der Waals surface area contributed by atoms with Crippen molar-refractivity contribution in [1.29, 1.82) is 0 Å². The minimum atomic E-state index is -0.809. The number of ketones is 1. The Labute approximate surface area is 160 Å². The van der Waals surface area contributed by atoms with E-state index in [1.54, 1.807) is 24.3 Å². The van der Waals surface area contributed by atoms with Gasteiger partial charge in [-0.25, -0.2) is 0 Å². The number of Topliss-reactive ketones (excluding diaryl/α,β-unsaturated/α-hetero) is 1. The van der Waals surface area contributed by atoms with Crippen LogP contribution in [0.25, 0.3) is 0 Å². The number of rotatable bonds is 6. The van der Waals surface area contributed by atoms with Gasteiger partial charge in [-0.15, -0.1) is 0 Å². The van der Waals surface area contributed by atoms with E-state index in [1.165, 1.54) is 0 Å². The third kappa shape index (κ3) is 2.70. The van der Waals surface area contributed by atoms with E-state index in [9.17, 15) is 14.4 Å². The predicted octanol–water partition coefficient (Wildman–Crippen LogP) is 3.15. The maximum atomic E-state index is 12.9. The number of hydrogen-bond acceptors (Lipinski definition) is 5. The zero-order chi connectivity index (χ0) is 18.4. The molecule has 3 fully saturated rings. The summed E-state index contributed by atoms with van der Waals surface area (Å²) in [6, 6.07) is 8.87. The fraction of sp³-hybridized carbons (Fsp3) is 0.550. The van der Waals surface area contributed by atoms with Crippen LogP contribution < -0.4 is 0 Å². The minimum absolute atomic E-state index is 0.0119. The molecule has 6 heteroatoms. The van der Waals surface area contributed by atoms with Gasteiger partial charge in [0.1, 0.15) is 6.10 Å². The molecule has 0 N–H and O–H groups in total. The van der Waals surface area contributed by atoms with Crippen LogP contribution in [0.2, 0.25) is 0 Å². The molecule has 1 aromatic rings. The number of hydrogen-bond donors (Lipinski definition) is 0. The number of alkyl halides is 1.